The molecule has 1 aromatic heterocycles. The van der Waals surface area contributed by atoms with Crippen LogP contribution in [0.4, 0.5) is 13.2 Å². The molecule has 4 nitrogen and oxygen atoms in total. The minimum absolute atomic E-state index is 0.0205. The molecule has 144 valence electrons. The topological polar surface area (TPSA) is 68.9 Å². The number of halogens is 3. The number of nitrogens with two attached hydrogens (primary N) is 1. The van der Waals surface area contributed by atoms with E-state index >= 15 is 0 Å². The summed E-state index contributed by atoms with van der Waals surface area (Å²) in [6.45, 7) is 0. The Labute approximate surface area is 163 Å². The fraction of sp³-hybridized carbons (Fsp3) is 0.0455. The van der Waals surface area contributed by atoms with Gasteiger partial charge in [0.05, 0.1) is 18.0 Å². The molecule has 29 heavy (non-hydrogen) atoms. The summed E-state index contributed by atoms with van der Waals surface area (Å²) in [5, 5.41) is 9.28. The molecular weight excluding hydrogens is 379 g/mol. The van der Waals surface area contributed by atoms with Crippen LogP contribution in [-0.4, -0.2) is 16.1 Å². The van der Waals surface area contributed by atoms with Crippen molar-refractivity contribution >= 4 is 16.7 Å². The summed E-state index contributed by atoms with van der Waals surface area (Å²) in [5.74, 6) is -0.800. The molecule has 0 bridgehead atoms. The van der Waals surface area contributed by atoms with Crippen LogP contribution >= 0.6 is 0 Å². The molecule has 4 aromatic rings. The summed E-state index contributed by atoms with van der Waals surface area (Å²) in [7, 11) is 0. The van der Waals surface area contributed by atoms with E-state index in [1.54, 1.807) is 42.7 Å². The Morgan fingerprint density at radius 2 is 1.52 bits per heavy atom. The summed E-state index contributed by atoms with van der Waals surface area (Å²) in [5.41, 5.74) is 5.86. The van der Waals surface area contributed by atoms with E-state index < -0.39 is 17.6 Å². The van der Waals surface area contributed by atoms with Crippen molar-refractivity contribution < 1.29 is 18.0 Å². The fourth-order valence-electron chi connectivity index (χ4n) is 3.40. The predicted molar refractivity (Wildman–Crippen MR) is 104 cm³/mol. The minimum Gasteiger partial charge on any atom is -0.366 e. The average Bonchev–Trinajstić information content (AvgIpc) is 2.72. The molecule has 0 saturated heterocycles. The zero-order valence-corrected chi connectivity index (χ0v) is 14.9. The van der Waals surface area contributed by atoms with Crippen molar-refractivity contribution in [2.24, 2.45) is 5.73 Å². The van der Waals surface area contributed by atoms with E-state index in [-0.39, 0.29) is 16.7 Å². The van der Waals surface area contributed by atoms with Gasteiger partial charge >= 0.3 is 6.18 Å². The first-order valence-corrected chi connectivity index (χ1v) is 8.66. The van der Waals surface area contributed by atoms with Gasteiger partial charge in [-0.3, -0.25) is 4.79 Å². The van der Waals surface area contributed by atoms with E-state index in [4.69, 9.17) is 5.73 Å². The van der Waals surface area contributed by atoms with Crippen molar-refractivity contribution in [1.29, 1.82) is 0 Å². The highest BCUT2D eigenvalue weighted by Crippen LogP contribution is 2.42. The fourth-order valence-corrected chi connectivity index (χ4v) is 3.40. The number of hydrogen-bond donors (Lipinski definition) is 1. The van der Waals surface area contributed by atoms with Gasteiger partial charge in [0, 0.05) is 21.9 Å². The van der Waals surface area contributed by atoms with E-state index in [0.717, 1.165) is 16.8 Å². The molecule has 0 fully saturated rings. The Morgan fingerprint density at radius 1 is 0.828 bits per heavy atom. The second-order valence-electron chi connectivity index (χ2n) is 6.47. The smallest absolute Gasteiger partial charge is 0.366 e. The lowest BCUT2D eigenvalue weighted by molar-refractivity contribution is -0.137. The van der Waals surface area contributed by atoms with Gasteiger partial charge in [-0.1, -0.05) is 42.5 Å². The van der Waals surface area contributed by atoms with Crippen LogP contribution in [-0.2, 0) is 6.18 Å². The predicted octanol–water partition coefficient (Wildman–Crippen LogP) is 5.08. The Kier molecular flexibility index (Phi) is 4.50. The number of amides is 1. The lowest BCUT2D eigenvalue weighted by atomic mass is 9.87. The van der Waals surface area contributed by atoms with Crippen molar-refractivity contribution in [1.82, 2.24) is 10.2 Å². The lowest BCUT2D eigenvalue weighted by Crippen LogP contribution is -2.14. The second kappa shape index (κ2) is 7.01. The van der Waals surface area contributed by atoms with Crippen LogP contribution in [0.15, 0.2) is 73.1 Å². The van der Waals surface area contributed by atoms with Crippen molar-refractivity contribution in [3.63, 3.8) is 0 Å². The van der Waals surface area contributed by atoms with Gasteiger partial charge in [-0.25, -0.2) is 0 Å². The maximum atomic E-state index is 13.7. The van der Waals surface area contributed by atoms with E-state index in [1.807, 2.05) is 0 Å². The van der Waals surface area contributed by atoms with E-state index in [0.29, 0.717) is 11.1 Å². The highest BCUT2D eigenvalue weighted by molar-refractivity contribution is 6.05. The first kappa shape index (κ1) is 18.6. The number of fused-ring (bicyclic) bond motifs is 1. The molecule has 0 radical (unpaired) electrons. The first-order valence-electron chi connectivity index (χ1n) is 8.66. The molecule has 4 rings (SSSR count). The molecule has 3 aromatic carbocycles. The molecule has 0 unspecified atom stereocenters. The van der Waals surface area contributed by atoms with Gasteiger partial charge in [0.25, 0.3) is 0 Å². The number of nitrogens with zero attached hydrogens (tertiary/aromatic N) is 2. The molecule has 0 saturated carbocycles. The number of primary amides is 1. The van der Waals surface area contributed by atoms with Gasteiger partial charge in [0.2, 0.25) is 5.91 Å². The van der Waals surface area contributed by atoms with Crippen LogP contribution in [0.1, 0.15) is 15.9 Å². The molecule has 0 aliphatic rings. The lowest BCUT2D eigenvalue weighted by Gasteiger charge is -2.18. The normalized spacial score (nSPS) is 11.6. The van der Waals surface area contributed by atoms with Crippen molar-refractivity contribution in [3.8, 4) is 22.3 Å². The molecule has 0 atom stereocenters. The van der Waals surface area contributed by atoms with Crippen LogP contribution in [0, 0.1) is 0 Å². The quantitative estimate of drug-likeness (QED) is 0.528. The number of benzene rings is 3. The summed E-state index contributed by atoms with van der Waals surface area (Å²) < 4.78 is 41.0. The number of rotatable bonds is 3. The van der Waals surface area contributed by atoms with Gasteiger partial charge in [-0.15, -0.1) is 0 Å². The number of aromatic nitrogens is 2. The maximum absolute atomic E-state index is 13.7. The number of hydrogen-bond acceptors (Lipinski definition) is 3. The standard InChI is InChI=1S/C22H14F3N3O/c23-22(24,25)19-7-2-1-4-17(19)20-16(5-3-6-18(20)21(26)29)13-8-9-14-11-27-28-12-15(14)10-13/h1-12H,(H2,26,29). The zero-order chi connectivity index (χ0) is 20.6. The Bertz CT molecular complexity index is 1240. The average molecular weight is 393 g/mol. The van der Waals surface area contributed by atoms with Crippen LogP contribution in [0.2, 0.25) is 0 Å². The van der Waals surface area contributed by atoms with E-state index in [1.165, 1.54) is 24.3 Å². The second-order valence-corrected chi connectivity index (χ2v) is 6.47. The monoisotopic (exact) mass is 393 g/mol. The van der Waals surface area contributed by atoms with Gasteiger partial charge in [-0.05, 0) is 34.9 Å². The number of carbonyl (C=O) groups excluding carboxylic acids is 1. The molecule has 2 N–H and O–H groups in total. The van der Waals surface area contributed by atoms with Gasteiger partial charge in [0.15, 0.2) is 0 Å². The SMILES string of the molecule is NC(=O)c1cccc(-c2ccc3cnncc3c2)c1-c1ccccc1C(F)(F)F. The first-order chi connectivity index (χ1) is 13.9. The van der Waals surface area contributed by atoms with Crippen LogP contribution in [0.3, 0.4) is 0 Å². The molecule has 7 heteroatoms. The molecule has 0 aliphatic carbocycles. The van der Waals surface area contributed by atoms with Gasteiger partial charge < -0.3 is 5.73 Å². The zero-order valence-electron chi connectivity index (χ0n) is 14.9. The van der Waals surface area contributed by atoms with E-state index in [2.05, 4.69) is 10.2 Å². The van der Waals surface area contributed by atoms with Crippen LogP contribution in [0.5, 0.6) is 0 Å². The molecule has 1 amide bonds. The Hall–Kier alpha value is -3.74. The summed E-state index contributed by atoms with van der Waals surface area (Å²) >= 11 is 0. The number of carbonyl (C=O) groups is 1. The van der Waals surface area contributed by atoms with Crippen LogP contribution in [0.25, 0.3) is 33.0 Å². The third kappa shape index (κ3) is 3.42. The summed E-state index contributed by atoms with van der Waals surface area (Å²) in [6.07, 6.45) is -1.42. The summed E-state index contributed by atoms with van der Waals surface area (Å²) in [4.78, 5) is 12.1. The highest BCUT2D eigenvalue weighted by atomic mass is 19.4. The third-order valence-corrected chi connectivity index (χ3v) is 4.69. The van der Waals surface area contributed by atoms with Crippen molar-refractivity contribution in [3.05, 3.63) is 84.2 Å². The van der Waals surface area contributed by atoms with Crippen LogP contribution < -0.4 is 5.73 Å². The van der Waals surface area contributed by atoms with Crippen molar-refractivity contribution in [2.75, 3.05) is 0 Å². The number of alkyl halides is 3. The third-order valence-electron chi connectivity index (χ3n) is 4.69. The summed E-state index contributed by atoms with van der Waals surface area (Å²) in [6, 6.07) is 15.2. The minimum atomic E-state index is -4.59. The maximum Gasteiger partial charge on any atom is 0.417 e. The van der Waals surface area contributed by atoms with Gasteiger partial charge in [-0.2, -0.15) is 23.4 Å². The molecule has 0 aliphatic heterocycles. The largest absolute Gasteiger partial charge is 0.417 e. The Balaban J connectivity index is 2.05. The Morgan fingerprint density at radius 3 is 2.24 bits per heavy atom. The highest BCUT2D eigenvalue weighted by Gasteiger charge is 2.34. The molecule has 0 spiro atoms. The van der Waals surface area contributed by atoms with Crippen molar-refractivity contribution in [2.45, 2.75) is 6.18 Å². The van der Waals surface area contributed by atoms with Gasteiger partial charge in [0.1, 0.15) is 0 Å². The molecule has 1 heterocycles. The molecular formula is C22H14F3N3O. The van der Waals surface area contributed by atoms with E-state index in [9.17, 15) is 18.0 Å².